The van der Waals surface area contributed by atoms with E-state index in [1.54, 1.807) is 18.8 Å². The zero-order valence-corrected chi connectivity index (χ0v) is 10.9. The molecule has 1 heterocycles. The summed E-state index contributed by atoms with van der Waals surface area (Å²) in [5, 5.41) is 11.5. The van der Waals surface area contributed by atoms with Crippen LogP contribution in [0.2, 0.25) is 0 Å². The fraction of sp³-hybridized carbons (Fsp3) is 0.727. The van der Waals surface area contributed by atoms with Crippen molar-refractivity contribution in [2.75, 3.05) is 18.7 Å². The SMILES string of the molecule is CNC(=O)[C@H]1C[C@H]1[C@H](N)C(=O)N1CSC[C@H]1C#N. The van der Waals surface area contributed by atoms with E-state index in [0.717, 1.165) is 0 Å². The Hall–Kier alpha value is -1.26. The zero-order chi connectivity index (χ0) is 13.3. The zero-order valence-electron chi connectivity index (χ0n) is 10.1. The summed E-state index contributed by atoms with van der Waals surface area (Å²) >= 11 is 1.55. The van der Waals surface area contributed by atoms with Gasteiger partial charge in [-0.2, -0.15) is 5.26 Å². The molecule has 1 aliphatic carbocycles. The van der Waals surface area contributed by atoms with Gasteiger partial charge in [0.1, 0.15) is 6.04 Å². The number of nitriles is 1. The Labute approximate surface area is 110 Å². The van der Waals surface area contributed by atoms with E-state index in [2.05, 4.69) is 11.4 Å². The molecule has 18 heavy (non-hydrogen) atoms. The Morgan fingerprint density at radius 1 is 1.61 bits per heavy atom. The predicted octanol–water partition coefficient (Wildman–Crippen LogP) is -0.879. The molecule has 0 aromatic heterocycles. The molecule has 2 fully saturated rings. The van der Waals surface area contributed by atoms with E-state index < -0.39 is 6.04 Å². The first-order valence-electron chi connectivity index (χ1n) is 5.85. The molecule has 0 unspecified atom stereocenters. The standard InChI is InChI=1S/C11H16N4O2S/c1-14-10(16)8-2-7(8)9(13)11(17)15-5-18-4-6(15)3-12/h6-9H,2,4-5,13H2,1H3,(H,14,16)/t6-,7-,8+,9+/m1/s1. The second kappa shape index (κ2) is 5.16. The number of nitrogens with two attached hydrogens (primary N) is 1. The summed E-state index contributed by atoms with van der Waals surface area (Å²) in [6, 6.07) is 1.06. The normalized spacial score (nSPS) is 31.6. The van der Waals surface area contributed by atoms with Crippen LogP contribution in [0.25, 0.3) is 0 Å². The highest BCUT2D eigenvalue weighted by molar-refractivity contribution is 7.99. The summed E-state index contributed by atoms with van der Waals surface area (Å²) in [7, 11) is 1.58. The molecular weight excluding hydrogens is 252 g/mol. The molecule has 7 heteroatoms. The second-order valence-electron chi connectivity index (χ2n) is 4.60. The molecule has 0 radical (unpaired) electrons. The van der Waals surface area contributed by atoms with Gasteiger partial charge in [0.15, 0.2) is 0 Å². The van der Waals surface area contributed by atoms with Gasteiger partial charge in [-0.3, -0.25) is 9.59 Å². The Kier molecular flexibility index (Phi) is 3.78. The van der Waals surface area contributed by atoms with Crippen molar-refractivity contribution >= 4 is 23.6 Å². The summed E-state index contributed by atoms with van der Waals surface area (Å²) < 4.78 is 0. The van der Waals surface area contributed by atoms with Crippen molar-refractivity contribution in [2.24, 2.45) is 17.6 Å². The molecule has 1 saturated carbocycles. The molecule has 6 nitrogen and oxygen atoms in total. The van der Waals surface area contributed by atoms with E-state index in [9.17, 15) is 9.59 Å². The molecule has 0 aromatic carbocycles. The first-order valence-corrected chi connectivity index (χ1v) is 7.00. The van der Waals surface area contributed by atoms with Gasteiger partial charge in [0, 0.05) is 18.7 Å². The summed E-state index contributed by atoms with van der Waals surface area (Å²) in [5.74, 6) is 0.659. The van der Waals surface area contributed by atoms with Gasteiger partial charge in [-0.25, -0.2) is 0 Å². The Morgan fingerprint density at radius 2 is 2.33 bits per heavy atom. The number of rotatable bonds is 3. The lowest BCUT2D eigenvalue weighted by Crippen LogP contribution is -2.47. The third kappa shape index (κ3) is 2.31. The third-order valence-electron chi connectivity index (χ3n) is 3.48. The maximum atomic E-state index is 12.2. The highest BCUT2D eigenvalue weighted by atomic mass is 32.2. The largest absolute Gasteiger partial charge is 0.359 e. The molecular formula is C11H16N4O2S. The minimum absolute atomic E-state index is 0.0594. The van der Waals surface area contributed by atoms with Gasteiger partial charge < -0.3 is 16.0 Å². The summed E-state index contributed by atoms with van der Waals surface area (Å²) in [6.07, 6.45) is 0.658. The van der Waals surface area contributed by atoms with Gasteiger partial charge in [-0.15, -0.1) is 11.8 Å². The van der Waals surface area contributed by atoms with Gasteiger partial charge in [0.05, 0.1) is 18.0 Å². The van der Waals surface area contributed by atoms with Crippen LogP contribution in [0.5, 0.6) is 0 Å². The number of nitrogens with zero attached hydrogens (tertiary/aromatic N) is 2. The van der Waals surface area contributed by atoms with E-state index in [1.165, 1.54) is 4.90 Å². The molecule has 2 rings (SSSR count). The number of hydrogen-bond acceptors (Lipinski definition) is 5. The molecule has 0 spiro atoms. The third-order valence-corrected chi connectivity index (χ3v) is 4.50. The molecule has 3 N–H and O–H groups in total. The van der Waals surface area contributed by atoms with Gasteiger partial charge in [0.2, 0.25) is 11.8 Å². The second-order valence-corrected chi connectivity index (χ2v) is 5.60. The van der Waals surface area contributed by atoms with Crippen molar-refractivity contribution in [1.29, 1.82) is 5.26 Å². The van der Waals surface area contributed by atoms with Crippen LogP contribution >= 0.6 is 11.8 Å². The van der Waals surface area contributed by atoms with Gasteiger partial charge in [0.25, 0.3) is 0 Å². The summed E-state index contributed by atoms with van der Waals surface area (Å²) in [6.45, 7) is 0. The monoisotopic (exact) mass is 268 g/mol. The molecule has 4 atom stereocenters. The van der Waals surface area contributed by atoms with Crippen LogP contribution in [0.3, 0.4) is 0 Å². The van der Waals surface area contributed by atoms with Crippen LogP contribution in [-0.2, 0) is 9.59 Å². The van der Waals surface area contributed by atoms with Crippen LogP contribution in [0.4, 0.5) is 0 Å². The van der Waals surface area contributed by atoms with Gasteiger partial charge in [-0.05, 0) is 12.3 Å². The molecule has 1 aliphatic heterocycles. The van der Waals surface area contributed by atoms with E-state index in [4.69, 9.17) is 11.0 Å². The lowest BCUT2D eigenvalue weighted by atomic mass is 10.1. The topological polar surface area (TPSA) is 99.2 Å². The lowest BCUT2D eigenvalue weighted by Gasteiger charge is -2.22. The van der Waals surface area contributed by atoms with Crippen LogP contribution < -0.4 is 11.1 Å². The van der Waals surface area contributed by atoms with Crippen molar-refractivity contribution < 1.29 is 9.59 Å². The van der Waals surface area contributed by atoms with Crippen molar-refractivity contribution in [1.82, 2.24) is 10.2 Å². The molecule has 0 aromatic rings. The molecule has 1 saturated heterocycles. The van der Waals surface area contributed by atoms with Crippen molar-refractivity contribution in [2.45, 2.75) is 18.5 Å². The van der Waals surface area contributed by atoms with E-state index in [-0.39, 0.29) is 29.7 Å². The molecule has 98 valence electrons. The van der Waals surface area contributed by atoms with Crippen LogP contribution in [-0.4, -0.2) is 47.5 Å². The van der Waals surface area contributed by atoms with Gasteiger partial charge in [-0.1, -0.05) is 0 Å². The van der Waals surface area contributed by atoms with E-state index in [1.807, 2.05) is 0 Å². The maximum Gasteiger partial charge on any atom is 0.241 e. The van der Waals surface area contributed by atoms with Crippen molar-refractivity contribution in [3.05, 3.63) is 0 Å². The first kappa shape index (κ1) is 13.2. The number of carbonyl (C=O) groups excluding carboxylic acids is 2. The van der Waals surface area contributed by atoms with Crippen LogP contribution in [0.1, 0.15) is 6.42 Å². The fourth-order valence-corrected chi connectivity index (χ4v) is 3.33. The maximum absolute atomic E-state index is 12.2. The van der Waals surface area contributed by atoms with E-state index in [0.29, 0.717) is 18.1 Å². The Morgan fingerprint density at radius 3 is 2.94 bits per heavy atom. The number of amides is 2. The lowest BCUT2D eigenvalue weighted by molar-refractivity contribution is -0.132. The van der Waals surface area contributed by atoms with Crippen molar-refractivity contribution in [3.63, 3.8) is 0 Å². The highest BCUT2D eigenvalue weighted by Crippen LogP contribution is 2.41. The molecule has 0 bridgehead atoms. The summed E-state index contributed by atoms with van der Waals surface area (Å²) in [5.41, 5.74) is 5.91. The molecule has 2 amide bonds. The minimum atomic E-state index is -0.665. The highest BCUT2D eigenvalue weighted by Gasteiger charge is 2.50. The average molecular weight is 268 g/mol. The molecule has 2 aliphatic rings. The van der Waals surface area contributed by atoms with E-state index >= 15 is 0 Å². The number of hydrogen-bond donors (Lipinski definition) is 2. The Balaban J connectivity index is 1.95. The fourth-order valence-electron chi connectivity index (χ4n) is 2.24. The predicted molar refractivity (Wildman–Crippen MR) is 67.2 cm³/mol. The number of nitrogens with one attached hydrogen (secondary N) is 1. The van der Waals surface area contributed by atoms with Crippen LogP contribution in [0.15, 0.2) is 0 Å². The average Bonchev–Trinajstić information content (AvgIpc) is 3.05. The van der Waals surface area contributed by atoms with Crippen LogP contribution in [0, 0.1) is 23.2 Å². The Bertz CT molecular complexity index is 408. The first-order chi connectivity index (χ1) is 8.60. The minimum Gasteiger partial charge on any atom is -0.359 e. The summed E-state index contributed by atoms with van der Waals surface area (Å²) in [4.78, 5) is 25.1. The number of thioether (sulfide) groups is 1. The smallest absolute Gasteiger partial charge is 0.241 e. The van der Waals surface area contributed by atoms with Gasteiger partial charge >= 0.3 is 0 Å². The quantitative estimate of drug-likeness (QED) is 0.692. The van der Waals surface area contributed by atoms with Crippen molar-refractivity contribution in [3.8, 4) is 6.07 Å². The number of carbonyl (C=O) groups is 2.